The molecular weight excluding hydrogens is 330 g/mol. The first-order chi connectivity index (χ1) is 12.5. The fraction of sp³-hybridized carbons (Fsp3) is 0.550. The van der Waals surface area contributed by atoms with E-state index in [1.54, 1.807) is 22.8 Å². The first kappa shape index (κ1) is 18.4. The molecule has 1 atom stereocenters. The molecule has 1 aliphatic carbocycles. The van der Waals surface area contributed by atoms with Crippen LogP contribution >= 0.6 is 0 Å². The number of benzene rings is 1. The van der Waals surface area contributed by atoms with Gasteiger partial charge in [0.15, 0.2) is 0 Å². The third-order valence-corrected chi connectivity index (χ3v) is 5.58. The van der Waals surface area contributed by atoms with Crippen molar-refractivity contribution in [1.29, 1.82) is 0 Å². The van der Waals surface area contributed by atoms with E-state index < -0.39 is 0 Å². The number of hydrogen-bond acceptors (Lipinski definition) is 3. The molecule has 3 amide bonds. The van der Waals surface area contributed by atoms with Gasteiger partial charge in [0.25, 0.3) is 0 Å². The molecule has 0 bridgehead atoms. The van der Waals surface area contributed by atoms with Gasteiger partial charge in [-0.05, 0) is 25.0 Å². The van der Waals surface area contributed by atoms with Crippen LogP contribution in [-0.2, 0) is 14.4 Å². The lowest BCUT2D eigenvalue weighted by atomic mass is 9.94. The molecule has 3 rings (SSSR count). The van der Waals surface area contributed by atoms with Gasteiger partial charge in [-0.2, -0.15) is 0 Å². The molecule has 1 aromatic rings. The summed E-state index contributed by atoms with van der Waals surface area (Å²) in [6, 6.07) is 7.54. The van der Waals surface area contributed by atoms with Crippen molar-refractivity contribution in [2.45, 2.75) is 45.1 Å². The SMILES string of the molecule is CC1CN(C=O)c2ccccc2N(CC(=O)N(C)C2CCCCC2)C1=O. The van der Waals surface area contributed by atoms with Crippen LogP contribution in [0.1, 0.15) is 39.0 Å². The molecule has 0 radical (unpaired) electrons. The molecule has 6 nitrogen and oxygen atoms in total. The lowest BCUT2D eigenvalue weighted by molar-refractivity contribution is -0.133. The summed E-state index contributed by atoms with van der Waals surface area (Å²) in [5.41, 5.74) is 1.30. The summed E-state index contributed by atoms with van der Waals surface area (Å²) in [4.78, 5) is 42.2. The predicted octanol–water partition coefficient (Wildman–Crippen LogP) is 2.42. The molecular formula is C20H27N3O3. The topological polar surface area (TPSA) is 60.9 Å². The maximum atomic E-state index is 12.9. The van der Waals surface area contributed by atoms with Gasteiger partial charge in [0.05, 0.1) is 17.3 Å². The summed E-state index contributed by atoms with van der Waals surface area (Å²) in [6.45, 7) is 2.13. The molecule has 1 unspecified atom stereocenters. The van der Waals surface area contributed by atoms with E-state index in [4.69, 9.17) is 0 Å². The van der Waals surface area contributed by atoms with Gasteiger partial charge < -0.3 is 14.7 Å². The Morgan fingerprint density at radius 2 is 1.85 bits per heavy atom. The van der Waals surface area contributed by atoms with Gasteiger partial charge in [0, 0.05) is 19.6 Å². The molecule has 0 N–H and O–H groups in total. The quantitative estimate of drug-likeness (QED) is 0.778. The molecule has 1 aromatic carbocycles. The van der Waals surface area contributed by atoms with Crippen LogP contribution in [0.5, 0.6) is 0 Å². The minimum Gasteiger partial charge on any atom is -0.341 e. The maximum Gasteiger partial charge on any atom is 0.242 e. The fourth-order valence-corrected chi connectivity index (χ4v) is 3.97. The monoisotopic (exact) mass is 357 g/mol. The highest BCUT2D eigenvalue weighted by Gasteiger charge is 2.33. The lowest BCUT2D eigenvalue weighted by Crippen LogP contribution is -2.47. The van der Waals surface area contributed by atoms with Crippen molar-refractivity contribution in [3.63, 3.8) is 0 Å². The fourth-order valence-electron chi connectivity index (χ4n) is 3.97. The van der Waals surface area contributed by atoms with Gasteiger partial charge in [-0.1, -0.05) is 38.3 Å². The summed E-state index contributed by atoms with van der Waals surface area (Å²) in [7, 11) is 1.84. The number of rotatable bonds is 4. The van der Waals surface area contributed by atoms with Crippen LogP contribution in [0.25, 0.3) is 0 Å². The standard InChI is InChI=1S/C20H27N3O3/c1-15-12-22(14-24)17-10-6-7-11-18(17)23(20(15)26)13-19(25)21(2)16-8-4-3-5-9-16/h6-7,10-11,14-16H,3-5,8-9,12-13H2,1-2H3. The third-order valence-electron chi connectivity index (χ3n) is 5.58. The van der Waals surface area contributed by atoms with E-state index in [1.807, 2.05) is 30.1 Å². The van der Waals surface area contributed by atoms with Crippen molar-refractivity contribution < 1.29 is 14.4 Å². The molecule has 1 fully saturated rings. The van der Waals surface area contributed by atoms with E-state index in [0.717, 1.165) is 32.1 Å². The zero-order valence-corrected chi connectivity index (χ0v) is 15.6. The van der Waals surface area contributed by atoms with Crippen LogP contribution in [0, 0.1) is 5.92 Å². The molecule has 1 aliphatic heterocycles. The van der Waals surface area contributed by atoms with Gasteiger partial charge >= 0.3 is 0 Å². The second-order valence-electron chi connectivity index (χ2n) is 7.37. The average Bonchev–Trinajstić information content (AvgIpc) is 2.78. The summed E-state index contributed by atoms with van der Waals surface area (Å²) >= 11 is 0. The van der Waals surface area contributed by atoms with Gasteiger partial charge in [-0.3, -0.25) is 14.4 Å². The van der Waals surface area contributed by atoms with Gasteiger partial charge in [0.1, 0.15) is 6.54 Å². The number of likely N-dealkylation sites (N-methyl/N-ethyl adjacent to an activating group) is 1. The summed E-state index contributed by atoms with van der Waals surface area (Å²) < 4.78 is 0. The highest BCUT2D eigenvalue weighted by atomic mass is 16.2. The zero-order chi connectivity index (χ0) is 18.7. The Morgan fingerprint density at radius 1 is 1.19 bits per heavy atom. The Balaban J connectivity index is 1.85. The van der Waals surface area contributed by atoms with Crippen LogP contribution in [0.3, 0.4) is 0 Å². The molecule has 26 heavy (non-hydrogen) atoms. The second kappa shape index (κ2) is 7.89. The van der Waals surface area contributed by atoms with Crippen LogP contribution in [0.2, 0.25) is 0 Å². The summed E-state index contributed by atoms with van der Waals surface area (Å²) in [6.07, 6.45) is 6.35. The van der Waals surface area contributed by atoms with Crippen molar-refractivity contribution >= 4 is 29.6 Å². The molecule has 0 saturated heterocycles. The van der Waals surface area contributed by atoms with Crippen LogP contribution in [0.15, 0.2) is 24.3 Å². The molecule has 1 heterocycles. The molecule has 1 saturated carbocycles. The maximum absolute atomic E-state index is 12.9. The highest BCUT2D eigenvalue weighted by Crippen LogP contribution is 2.33. The van der Waals surface area contributed by atoms with Crippen LogP contribution < -0.4 is 9.80 Å². The summed E-state index contributed by atoms with van der Waals surface area (Å²) in [5, 5.41) is 0. The zero-order valence-electron chi connectivity index (χ0n) is 15.6. The molecule has 6 heteroatoms. The minimum atomic E-state index is -0.361. The Morgan fingerprint density at radius 3 is 2.50 bits per heavy atom. The van der Waals surface area contributed by atoms with E-state index in [9.17, 15) is 14.4 Å². The van der Waals surface area contributed by atoms with E-state index in [-0.39, 0.29) is 30.3 Å². The number of amides is 3. The van der Waals surface area contributed by atoms with Crippen LogP contribution in [-0.4, -0.2) is 49.3 Å². The molecule has 2 aliphatic rings. The Bertz CT molecular complexity index is 685. The smallest absolute Gasteiger partial charge is 0.242 e. The third kappa shape index (κ3) is 3.59. The number of fused-ring (bicyclic) bond motifs is 1. The van der Waals surface area contributed by atoms with E-state index in [0.29, 0.717) is 17.9 Å². The summed E-state index contributed by atoms with van der Waals surface area (Å²) in [5.74, 6) is -0.528. The number of para-hydroxylation sites is 2. The largest absolute Gasteiger partial charge is 0.341 e. The van der Waals surface area contributed by atoms with Gasteiger partial charge in [-0.25, -0.2) is 0 Å². The van der Waals surface area contributed by atoms with Gasteiger partial charge in [0.2, 0.25) is 18.2 Å². The van der Waals surface area contributed by atoms with Crippen LogP contribution in [0.4, 0.5) is 11.4 Å². The van der Waals surface area contributed by atoms with Crippen molar-refractivity contribution in [2.24, 2.45) is 5.92 Å². The first-order valence-electron chi connectivity index (χ1n) is 9.41. The predicted molar refractivity (Wildman–Crippen MR) is 101 cm³/mol. The minimum absolute atomic E-state index is 0.0138. The number of hydrogen-bond donors (Lipinski definition) is 0. The number of carbonyl (C=O) groups excluding carboxylic acids is 3. The number of carbonyl (C=O) groups is 3. The Kier molecular flexibility index (Phi) is 5.59. The number of nitrogens with zero attached hydrogens (tertiary/aromatic N) is 3. The second-order valence-corrected chi connectivity index (χ2v) is 7.37. The van der Waals surface area contributed by atoms with E-state index in [2.05, 4.69) is 0 Å². The van der Waals surface area contributed by atoms with E-state index in [1.165, 1.54) is 6.42 Å². The number of anilines is 2. The highest BCUT2D eigenvalue weighted by molar-refractivity contribution is 6.05. The Labute approximate surface area is 154 Å². The molecule has 0 spiro atoms. The van der Waals surface area contributed by atoms with Crippen molar-refractivity contribution in [1.82, 2.24) is 4.90 Å². The van der Waals surface area contributed by atoms with Crippen molar-refractivity contribution in [3.8, 4) is 0 Å². The lowest BCUT2D eigenvalue weighted by Gasteiger charge is -2.33. The first-order valence-corrected chi connectivity index (χ1v) is 9.41. The Hall–Kier alpha value is -2.37. The van der Waals surface area contributed by atoms with E-state index >= 15 is 0 Å². The molecule has 0 aromatic heterocycles. The molecule has 140 valence electrons. The van der Waals surface area contributed by atoms with Gasteiger partial charge in [-0.15, -0.1) is 0 Å². The normalized spacial score (nSPS) is 21.2. The van der Waals surface area contributed by atoms with Crippen molar-refractivity contribution in [3.05, 3.63) is 24.3 Å². The average molecular weight is 357 g/mol. The van der Waals surface area contributed by atoms with Crippen molar-refractivity contribution in [2.75, 3.05) is 29.9 Å².